The van der Waals surface area contributed by atoms with Crippen LogP contribution in [0.25, 0.3) is 0 Å². The van der Waals surface area contributed by atoms with Crippen molar-refractivity contribution >= 4 is 70.4 Å². The maximum atomic E-state index is 12.3. The van der Waals surface area contributed by atoms with Gasteiger partial charge in [0.15, 0.2) is 13.6 Å². The van der Waals surface area contributed by atoms with Crippen molar-refractivity contribution < 1.29 is 167 Å². The predicted octanol–water partition coefficient (Wildman–Crippen LogP) is -2.77. The molecule has 0 heterocycles. The van der Waals surface area contributed by atoms with E-state index >= 15 is 0 Å². The van der Waals surface area contributed by atoms with Gasteiger partial charge in [-0.25, -0.2) is 0 Å². The molecule has 36 nitrogen and oxygen atoms in total. The fourth-order valence-electron chi connectivity index (χ4n) is 3.19. The van der Waals surface area contributed by atoms with Crippen molar-refractivity contribution in [2.75, 3.05) is 86.8 Å². The van der Waals surface area contributed by atoms with Crippen molar-refractivity contribution in [1.29, 1.82) is 0 Å². The van der Waals surface area contributed by atoms with E-state index in [0.717, 1.165) is 0 Å². The summed E-state index contributed by atoms with van der Waals surface area (Å²) < 4.78 is 185. The molecular formula is C20H42O36P9-9. The summed E-state index contributed by atoms with van der Waals surface area (Å²) in [4.78, 5) is 108. The minimum Gasteiger partial charge on any atom is -0.756 e. The zero-order valence-electron chi connectivity index (χ0n) is 33.9. The van der Waals surface area contributed by atoms with Crippen LogP contribution in [0.2, 0.25) is 0 Å². The second-order valence-corrected chi connectivity index (χ2v) is 23.2. The van der Waals surface area contributed by atoms with E-state index in [1.807, 2.05) is 0 Å². The Labute approximate surface area is 369 Å². The third kappa shape index (κ3) is 34.1. The van der Waals surface area contributed by atoms with Gasteiger partial charge in [0.2, 0.25) is 0 Å². The first-order valence-corrected chi connectivity index (χ1v) is 30.2. The van der Waals surface area contributed by atoms with E-state index in [2.05, 4.69) is 81.4 Å². The normalized spacial score (nSPS) is 22.2. The van der Waals surface area contributed by atoms with Crippen LogP contribution >= 0.6 is 70.4 Å². The lowest BCUT2D eigenvalue weighted by Crippen LogP contribution is -2.30. The zero-order chi connectivity index (χ0) is 50.4. The summed E-state index contributed by atoms with van der Waals surface area (Å²) in [5.41, 5.74) is 0. The first-order chi connectivity index (χ1) is 29.6. The quantitative estimate of drug-likeness (QED) is 0.0442. The van der Waals surface area contributed by atoms with Crippen LogP contribution in [0.4, 0.5) is 0 Å². The predicted molar refractivity (Wildman–Crippen MR) is 186 cm³/mol. The summed E-state index contributed by atoms with van der Waals surface area (Å²) >= 11 is 0. The van der Waals surface area contributed by atoms with Crippen molar-refractivity contribution in [1.82, 2.24) is 0 Å². The van der Waals surface area contributed by atoms with Gasteiger partial charge in [-0.1, -0.05) is 0 Å². The second kappa shape index (κ2) is 30.1. The van der Waals surface area contributed by atoms with E-state index in [9.17, 15) is 85.1 Å². The molecule has 0 rings (SSSR count). The Kier molecular flexibility index (Phi) is 30.6. The van der Waals surface area contributed by atoms with E-state index < -0.39 is 168 Å². The molecule has 0 aliphatic heterocycles. The number of hydrogen-bond donors (Lipinski definition) is 0. The molecule has 0 aromatic heterocycles. The molecule has 45 heteroatoms. The van der Waals surface area contributed by atoms with Crippen molar-refractivity contribution in [2.45, 2.75) is 46.0 Å². The Bertz CT molecular complexity index is 1670. The third-order valence-electron chi connectivity index (χ3n) is 5.56. The molecule has 392 valence electrons. The minimum absolute atomic E-state index is 0.444. The number of phosphoric acid groups is 9. The summed E-state index contributed by atoms with van der Waals surface area (Å²) in [6.07, 6.45) is -6.69. The molecule has 0 radical (unpaired) electrons. The van der Waals surface area contributed by atoms with E-state index in [1.165, 1.54) is 27.7 Å². The third-order valence-corrected chi connectivity index (χ3v) is 14.5. The lowest BCUT2D eigenvalue weighted by Gasteiger charge is -2.33. The Hall–Kier alpha value is 0.990. The summed E-state index contributed by atoms with van der Waals surface area (Å²) in [6.45, 7) is -8.92. The van der Waals surface area contributed by atoms with Crippen LogP contribution in [0, 0.1) is 0 Å². The Morgan fingerprint density at radius 3 is 0.677 bits per heavy atom. The number of hydrogen-bond acceptors (Lipinski definition) is 36. The van der Waals surface area contributed by atoms with Crippen LogP contribution in [0.1, 0.15) is 27.7 Å². The largest absolute Gasteiger partial charge is 0.756 e. The van der Waals surface area contributed by atoms with Gasteiger partial charge in [-0.3, -0.25) is 59.2 Å². The Morgan fingerprint density at radius 1 is 0.292 bits per heavy atom. The van der Waals surface area contributed by atoms with Gasteiger partial charge >= 0.3 is 0 Å². The van der Waals surface area contributed by atoms with E-state index in [-0.39, 0.29) is 0 Å². The Balaban J connectivity index is 5.59. The van der Waals surface area contributed by atoms with Gasteiger partial charge in [0.1, 0.15) is 18.3 Å². The summed E-state index contributed by atoms with van der Waals surface area (Å²) in [5, 5.41) is 0. The maximum Gasteiger partial charge on any atom is 0.270 e. The molecule has 65 heavy (non-hydrogen) atoms. The smallest absolute Gasteiger partial charge is 0.270 e. The molecular weight excluding hydrogens is 1090 g/mol. The fourth-order valence-corrected chi connectivity index (χ4v) is 9.55. The van der Waals surface area contributed by atoms with Crippen LogP contribution in [0.5, 0.6) is 0 Å². The molecule has 0 N–H and O–H groups in total. The molecule has 9 atom stereocenters. The molecule has 0 aliphatic rings. The molecule has 0 fully saturated rings. The molecule has 0 bridgehead atoms. The molecule has 0 aliphatic carbocycles. The maximum absolute atomic E-state index is 12.3. The first kappa shape index (κ1) is 66.0. The highest BCUT2D eigenvalue weighted by Crippen LogP contribution is 2.49. The molecule has 0 saturated carbocycles. The van der Waals surface area contributed by atoms with Crippen LogP contribution in [0.15, 0.2) is 0 Å². The first-order valence-electron chi connectivity index (χ1n) is 17.0. The highest BCUT2D eigenvalue weighted by molar-refractivity contribution is 7.48. The van der Waals surface area contributed by atoms with Gasteiger partial charge in [-0.2, -0.15) is 0 Å². The van der Waals surface area contributed by atoms with Crippen LogP contribution in [0.3, 0.4) is 0 Å². The van der Waals surface area contributed by atoms with Gasteiger partial charge in [0, 0.05) is 7.11 Å². The molecule has 9 unspecified atom stereocenters. The summed E-state index contributed by atoms with van der Waals surface area (Å²) in [7, 11) is -48.7. The van der Waals surface area contributed by atoms with Crippen LogP contribution in [-0.2, 0) is 123 Å². The van der Waals surface area contributed by atoms with Gasteiger partial charge in [-0.15, -0.1) is 0 Å². The molecule has 0 amide bonds. The highest BCUT2D eigenvalue weighted by Gasteiger charge is 2.28. The topological polar surface area (TPSA) is 527 Å². The summed E-state index contributed by atoms with van der Waals surface area (Å²) in [5.74, 6) is 0. The van der Waals surface area contributed by atoms with E-state index in [1.54, 1.807) is 0 Å². The average Bonchev–Trinajstić information content (AvgIpc) is 3.14. The monoisotopic (exact) mass is 1140 g/mol. The van der Waals surface area contributed by atoms with Crippen LogP contribution in [-0.4, -0.2) is 105 Å². The van der Waals surface area contributed by atoms with E-state index in [0.29, 0.717) is 7.11 Å². The van der Waals surface area contributed by atoms with E-state index in [4.69, 9.17) is 0 Å². The van der Waals surface area contributed by atoms with Crippen molar-refractivity contribution in [3.05, 3.63) is 0 Å². The van der Waals surface area contributed by atoms with Gasteiger partial charge in [0.25, 0.3) is 70.4 Å². The van der Waals surface area contributed by atoms with Crippen LogP contribution < -0.4 is 44.0 Å². The van der Waals surface area contributed by atoms with Crippen molar-refractivity contribution in [3.8, 4) is 0 Å². The van der Waals surface area contributed by atoms with Crippen molar-refractivity contribution in [3.63, 3.8) is 0 Å². The lowest BCUT2D eigenvalue weighted by atomic mass is 10.4. The molecule has 0 aromatic rings. The summed E-state index contributed by atoms with van der Waals surface area (Å²) in [6, 6.07) is 0. The molecule has 0 aromatic carbocycles. The lowest BCUT2D eigenvalue weighted by molar-refractivity contribution is -0.255. The molecule has 0 spiro atoms. The SMILES string of the molecule is CCOP(=O)([O-])OCC(COP(=O)([O-])OCC)OP(=O)([O-])OCOP(=O)([O-])OCC(COP(=O)([O-])OCOP(=O)([O-])OC(COP(=O)([O-])OCC)COP(=O)([O-])OCC)OP(=O)([O-])OC. The second-order valence-electron chi connectivity index (χ2n) is 10.6. The fraction of sp³-hybridized carbons (Fsp3) is 1.00. The average molecular weight is 1140 g/mol. The van der Waals surface area contributed by atoms with Gasteiger partial charge in [-0.05, 0) is 27.7 Å². The number of rotatable bonds is 41. The minimum atomic E-state index is -5.85. The Morgan fingerprint density at radius 2 is 0.477 bits per heavy atom. The van der Waals surface area contributed by atoms with Gasteiger partial charge in [0.05, 0.1) is 66.1 Å². The van der Waals surface area contributed by atoms with Crippen molar-refractivity contribution in [2.24, 2.45) is 0 Å². The zero-order valence-corrected chi connectivity index (χ0v) is 42.0. The standard InChI is InChI=1S/C20H51O36P9/c1-6-40-58(23,24)44-12-19(13-45-59(25,26)41-7-2)55-64(35,36)52-16-50-62(31,32)48-10-18(54-57(21,22)39-5)11-49-63(33,34)51-17-53-65(37,38)56-20(14-46-60(27,28)42-8-3)15-47-61(29,30)43-9-4/h18-20H,6-17H2,1-5H3,(H,21,22)(H,23,24)(H,25,26)(H,27,28)(H,29,30)(H,31,32)(H,33,34)(H,35,36)(H,37,38)/p-9. The molecule has 0 saturated heterocycles. The highest BCUT2D eigenvalue weighted by atomic mass is 31.2. The number of phosphoric ester groups is 9. The van der Waals surface area contributed by atoms with Gasteiger partial charge < -0.3 is 107 Å².